The summed E-state index contributed by atoms with van der Waals surface area (Å²) in [6.07, 6.45) is 5.04. The summed E-state index contributed by atoms with van der Waals surface area (Å²) in [4.78, 5) is 13.4. The Labute approximate surface area is 138 Å². The molecular weight excluding hydrogens is 294 g/mol. The molecule has 1 fully saturated rings. The maximum absolute atomic E-state index is 11.8. The van der Waals surface area contributed by atoms with Crippen molar-refractivity contribution in [2.75, 3.05) is 19.4 Å². The average Bonchev–Trinajstić information content (AvgIpc) is 2.49. The van der Waals surface area contributed by atoms with Crippen LogP contribution in [0.4, 0.5) is 5.69 Å². The molecule has 1 aromatic carbocycles. The first-order valence-corrected chi connectivity index (χ1v) is 8.27. The van der Waals surface area contributed by atoms with Crippen molar-refractivity contribution in [1.82, 2.24) is 10.2 Å². The van der Waals surface area contributed by atoms with E-state index >= 15 is 0 Å². The first kappa shape index (κ1) is 16.7. The highest BCUT2D eigenvalue weighted by atomic mass is 32.1. The zero-order chi connectivity index (χ0) is 16.1. The fourth-order valence-corrected chi connectivity index (χ4v) is 3.09. The van der Waals surface area contributed by atoms with Gasteiger partial charge in [-0.1, -0.05) is 19.8 Å². The molecule has 1 aromatic rings. The molecule has 0 aromatic heterocycles. The molecule has 0 radical (unpaired) electrons. The zero-order valence-corrected chi connectivity index (χ0v) is 14.4. The minimum Gasteiger partial charge on any atom is -0.359 e. The van der Waals surface area contributed by atoms with Crippen LogP contribution in [0, 0.1) is 5.92 Å². The van der Waals surface area contributed by atoms with Gasteiger partial charge in [-0.25, -0.2) is 0 Å². The summed E-state index contributed by atoms with van der Waals surface area (Å²) in [6.45, 7) is 2.28. The van der Waals surface area contributed by atoms with Crippen molar-refractivity contribution in [2.24, 2.45) is 5.92 Å². The number of hydrogen-bond donors (Lipinski definition) is 2. The minimum atomic E-state index is 0.00304. The van der Waals surface area contributed by atoms with Crippen LogP contribution in [-0.2, 0) is 0 Å². The van der Waals surface area contributed by atoms with Gasteiger partial charge in [-0.2, -0.15) is 0 Å². The molecule has 2 N–H and O–H groups in total. The number of nitrogens with zero attached hydrogens (tertiary/aromatic N) is 1. The molecule has 1 aliphatic rings. The van der Waals surface area contributed by atoms with Gasteiger partial charge in [-0.3, -0.25) is 4.79 Å². The van der Waals surface area contributed by atoms with Crippen LogP contribution in [0.3, 0.4) is 0 Å². The Balaban J connectivity index is 1.90. The monoisotopic (exact) mass is 319 g/mol. The van der Waals surface area contributed by atoms with E-state index in [1.54, 1.807) is 19.0 Å². The van der Waals surface area contributed by atoms with Crippen molar-refractivity contribution in [1.29, 1.82) is 0 Å². The number of carbonyl (C=O) groups excluding carboxylic acids is 1. The Hall–Kier alpha value is -1.62. The molecular formula is C17H25N3OS. The van der Waals surface area contributed by atoms with Crippen LogP contribution in [0.1, 0.15) is 43.0 Å². The van der Waals surface area contributed by atoms with Crippen LogP contribution in [0.2, 0.25) is 0 Å². The van der Waals surface area contributed by atoms with E-state index in [1.807, 2.05) is 24.3 Å². The molecule has 0 spiro atoms. The topological polar surface area (TPSA) is 44.4 Å². The molecule has 0 bridgehead atoms. The molecule has 0 heterocycles. The number of rotatable bonds is 3. The van der Waals surface area contributed by atoms with Gasteiger partial charge >= 0.3 is 0 Å². The predicted octanol–water partition coefficient (Wildman–Crippen LogP) is 3.25. The highest BCUT2D eigenvalue weighted by molar-refractivity contribution is 7.80. The summed E-state index contributed by atoms with van der Waals surface area (Å²) >= 11 is 5.40. The van der Waals surface area contributed by atoms with Crippen LogP contribution in [0.15, 0.2) is 24.3 Å². The summed E-state index contributed by atoms with van der Waals surface area (Å²) in [5.41, 5.74) is 1.58. The van der Waals surface area contributed by atoms with Crippen molar-refractivity contribution in [3.63, 3.8) is 0 Å². The van der Waals surface area contributed by atoms with Gasteiger partial charge in [0.1, 0.15) is 0 Å². The summed E-state index contributed by atoms with van der Waals surface area (Å²) in [6, 6.07) is 7.86. The zero-order valence-electron chi connectivity index (χ0n) is 13.6. The quantitative estimate of drug-likeness (QED) is 0.840. The maximum atomic E-state index is 11.8. The van der Waals surface area contributed by atoms with Crippen LogP contribution in [-0.4, -0.2) is 36.1 Å². The second-order valence-electron chi connectivity index (χ2n) is 6.24. The van der Waals surface area contributed by atoms with Gasteiger partial charge in [0.15, 0.2) is 5.11 Å². The lowest BCUT2D eigenvalue weighted by Crippen LogP contribution is -2.43. The lowest BCUT2D eigenvalue weighted by atomic mass is 9.86. The third kappa shape index (κ3) is 4.44. The van der Waals surface area contributed by atoms with E-state index in [0.29, 0.717) is 22.6 Å². The van der Waals surface area contributed by atoms with E-state index in [1.165, 1.54) is 25.7 Å². The number of hydrogen-bond acceptors (Lipinski definition) is 2. The standard InChI is InChI=1S/C17H25N3OS/c1-12-6-4-5-7-15(12)19-17(22)18-14-10-8-13(9-11-14)16(21)20(2)3/h8-12,15H,4-7H2,1-3H3,(H2,18,19,22)/t12-,15-/m0/s1. The molecule has 2 atom stereocenters. The van der Waals surface area contributed by atoms with E-state index in [0.717, 1.165) is 5.69 Å². The molecule has 1 amide bonds. The van der Waals surface area contributed by atoms with E-state index in [-0.39, 0.29) is 5.91 Å². The molecule has 1 saturated carbocycles. The molecule has 0 saturated heterocycles. The number of thiocarbonyl (C=S) groups is 1. The molecule has 4 nitrogen and oxygen atoms in total. The number of nitrogens with one attached hydrogen (secondary N) is 2. The number of benzene rings is 1. The largest absolute Gasteiger partial charge is 0.359 e. The van der Waals surface area contributed by atoms with Gasteiger partial charge < -0.3 is 15.5 Å². The highest BCUT2D eigenvalue weighted by Crippen LogP contribution is 2.23. The van der Waals surface area contributed by atoms with Gasteiger partial charge in [0, 0.05) is 31.4 Å². The van der Waals surface area contributed by atoms with Gasteiger partial charge in [0.25, 0.3) is 5.91 Å². The molecule has 22 heavy (non-hydrogen) atoms. The van der Waals surface area contributed by atoms with Gasteiger partial charge in [-0.15, -0.1) is 0 Å². The smallest absolute Gasteiger partial charge is 0.253 e. The van der Waals surface area contributed by atoms with Crippen molar-refractivity contribution < 1.29 is 4.79 Å². The Kier molecular flexibility index (Phi) is 5.77. The second-order valence-corrected chi connectivity index (χ2v) is 6.65. The Bertz CT molecular complexity index is 527. The van der Waals surface area contributed by atoms with Crippen LogP contribution in [0.5, 0.6) is 0 Å². The van der Waals surface area contributed by atoms with Crippen LogP contribution in [0.25, 0.3) is 0 Å². The number of anilines is 1. The normalized spacial score (nSPS) is 21.0. The molecule has 120 valence electrons. The van der Waals surface area contributed by atoms with Crippen LogP contribution < -0.4 is 10.6 Å². The fraction of sp³-hybridized carbons (Fsp3) is 0.529. The van der Waals surface area contributed by atoms with E-state index in [4.69, 9.17) is 12.2 Å². The molecule has 1 aliphatic carbocycles. The molecule has 0 aliphatic heterocycles. The van der Waals surface area contributed by atoms with Crippen molar-refractivity contribution in [3.8, 4) is 0 Å². The predicted molar refractivity (Wildman–Crippen MR) is 95.2 cm³/mol. The second kappa shape index (κ2) is 7.58. The van der Waals surface area contributed by atoms with Crippen LogP contribution >= 0.6 is 12.2 Å². The van der Waals surface area contributed by atoms with E-state index in [9.17, 15) is 4.79 Å². The minimum absolute atomic E-state index is 0.00304. The summed E-state index contributed by atoms with van der Waals surface area (Å²) in [7, 11) is 3.50. The number of amides is 1. The van der Waals surface area contributed by atoms with Gasteiger partial charge in [0.05, 0.1) is 0 Å². The number of carbonyl (C=O) groups is 1. The van der Waals surface area contributed by atoms with E-state index in [2.05, 4.69) is 17.6 Å². The highest BCUT2D eigenvalue weighted by Gasteiger charge is 2.21. The third-order valence-electron chi connectivity index (χ3n) is 4.22. The fourth-order valence-electron chi connectivity index (χ4n) is 2.82. The third-order valence-corrected chi connectivity index (χ3v) is 4.44. The summed E-state index contributed by atoms with van der Waals surface area (Å²) in [5, 5.41) is 7.28. The first-order valence-electron chi connectivity index (χ1n) is 7.86. The van der Waals surface area contributed by atoms with E-state index < -0.39 is 0 Å². The lowest BCUT2D eigenvalue weighted by Gasteiger charge is -2.30. The molecule has 2 rings (SSSR count). The molecule has 5 heteroatoms. The average molecular weight is 319 g/mol. The Morgan fingerprint density at radius 1 is 1.18 bits per heavy atom. The van der Waals surface area contributed by atoms with Gasteiger partial charge in [-0.05, 0) is 55.2 Å². The SMILES string of the molecule is C[C@H]1CCCC[C@@H]1NC(=S)Nc1ccc(C(=O)N(C)C)cc1. The van der Waals surface area contributed by atoms with Crippen molar-refractivity contribution in [2.45, 2.75) is 38.6 Å². The lowest BCUT2D eigenvalue weighted by molar-refractivity contribution is 0.0827. The Morgan fingerprint density at radius 2 is 1.82 bits per heavy atom. The first-order chi connectivity index (χ1) is 10.5. The Morgan fingerprint density at radius 3 is 2.41 bits per heavy atom. The summed E-state index contributed by atoms with van der Waals surface area (Å²) in [5.74, 6) is 0.664. The molecule has 0 unspecified atom stereocenters. The van der Waals surface area contributed by atoms with Crippen molar-refractivity contribution in [3.05, 3.63) is 29.8 Å². The van der Waals surface area contributed by atoms with Crippen molar-refractivity contribution >= 4 is 28.9 Å². The summed E-state index contributed by atoms with van der Waals surface area (Å²) < 4.78 is 0. The maximum Gasteiger partial charge on any atom is 0.253 e. The van der Waals surface area contributed by atoms with Gasteiger partial charge in [0.2, 0.25) is 0 Å².